The molecule has 7 heteroatoms. The highest BCUT2D eigenvalue weighted by atomic mass is 32.1. The van der Waals surface area contributed by atoms with Crippen molar-refractivity contribution in [2.45, 2.75) is 12.5 Å². The smallest absolute Gasteiger partial charge is 0.335 e. The molecule has 1 aliphatic rings. The van der Waals surface area contributed by atoms with Gasteiger partial charge in [0.25, 0.3) is 5.91 Å². The van der Waals surface area contributed by atoms with Gasteiger partial charge in [-0.2, -0.15) is 0 Å². The summed E-state index contributed by atoms with van der Waals surface area (Å²) in [5.74, 6) is -1.04. The first-order chi connectivity index (χ1) is 13.6. The van der Waals surface area contributed by atoms with Crippen LogP contribution in [0.3, 0.4) is 0 Å². The summed E-state index contributed by atoms with van der Waals surface area (Å²) < 4.78 is 5.38. The zero-order valence-electron chi connectivity index (χ0n) is 14.7. The number of para-hydroxylation sites is 3. The Hall–Kier alpha value is -3.45. The Kier molecular flexibility index (Phi) is 4.90. The number of anilines is 2. The van der Waals surface area contributed by atoms with E-state index in [0.717, 1.165) is 0 Å². The molecule has 2 amide bonds. The predicted octanol–water partition coefficient (Wildman–Crippen LogP) is 3.71. The molecular weight excluding hydrogens is 376 g/mol. The van der Waals surface area contributed by atoms with Crippen molar-refractivity contribution in [2.24, 2.45) is 0 Å². The van der Waals surface area contributed by atoms with Crippen molar-refractivity contribution in [1.82, 2.24) is 0 Å². The van der Waals surface area contributed by atoms with Gasteiger partial charge in [0.2, 0.25) is 5.91 Å². The van der Waals surface area contributed by atoms with Crippen molar-refractivity contribution in [3.05, 3.63) is 77.0 Å². The van der Waals surface area contributed by atoms with Gasteiger partial charge < -0.3 is 10.1 Å². The van der Waals surface area contributed by atoms with E-state index in [9.17, 15) is 14.4 Å². The molecule has 140 valence electrons. The molecule has 1 N–H and O–H groups in total. The minimum absolute atomic E-state index is 0.209. The third-order valence-corrected chi connectivity index (χ3v) is 5.16. The number of thiophene rings is 1. The van der Waals surface area contributed by atoms with E-state index in [4.69, 9.17) is 4.74 Å². The Morgan fingerprint density at radius 3 is 2.50 bits per heavy atom. The normalized spacial score (nSPS) is 15.5. The van der Waals surface area contributed by atoms with Crippen LogP contribution in [0.4, 0.5) is 11.4 Å². The lowest BCUT2D eigenvalue weighted by Crippen LogP contribution is -2.51. The molecule has 2 heterocycles. The summed E-state index contributed by atoms with van der Waals surface area (Å²) in [7, 11) is 0. The van der Waals surface area contributed by atoms with Gasteiger partial charge in [0.15, 0.2) is 5.75 Å². The van der Waals surface area contributed by atoms with Crippen LogP contribution in [0.15, 0.2) is 72.1 Å². The molecular formula is C21H16N2O4S. The van der Waals surface area contributed by atoms with Crippen LogP contribution in [0.5, 0.6) is 5.75 Å². The quantitative estimate of drug-likeness (QED) is 0.542. The van der Waals surface area contributed by atoms with Crippen LogP contribution in [-0.4, -0.2) is 23.8 Å². The lowest BCUT2D eigenvalue weighted by molar-refractivity contribution is -0.138. The first kappa shape index (κ1) is 17.9. The predicted molar refractivity (Wildman–Crippen MR) is 107 cm³/mol. The van der Waals surface area contributed by atoms with Crippen LogP contribution >= 0.6 is 11.3 Å². The van der Waals surface area contributed by atoms with E-state index in [-0.39, 0.29) is 18.2 Å². The van der Waals surface area contributed by atoms with E-state index in [0.29, 0.717) is 22.0 Å². The van der Waals surface area contributed by atoms with Crippen molar-refractivity contribution < 1.29 is 19.1 Å². The first-order valence-corrected chi connectivity index (χ1v) is 9.54. The average molecular weight is 392 g/mol. The average Bonchev–Trinajstić information content (AvgIpc) is 3.24. The van der Waals surface area contributed by atoms with Crippen LogP contribution in [0.1, 0.15) is 16.1 Å². The molecule has 0 saturated carbocycles. The number of carbonyl (C=O) groups excluding carboxylic acids is 3. The SMILES string of the molecule is O=C(CC1C(=O)Oc2ccccc2N1C(=O)c1cccs1)Nc1ccccc1. The summed E-state index contributed by atoms with van der Waals surface area (Å²) in [4.78, 5) is 40.1. The van der Waals surface area contributed by atoms with Gasteiger partial charge in [0.1, 0.15) is 6.04 Å². The molecule has 0 fully saturated rings. The number of nitrogens with zero attached hydrogens (tertiary/aromatic N) is 1. The number of benzene rings is 2. The molecule has 0 saturated heterocycles. The third-order valence-electron chi connectivity index (χ3n) is 4.31. The molecule has 4 rings (SSSR count). The summed E-state index contributed by atoms with van der Waals surface area (Å²) in [5, 5.41) is 4.54. The van der Waals surface area contributed by atoms with Crippen molar-refractivity contribution in [3.8, 4) is 5.75 Å². The van der Waals surface area contributed by atoms with Crippen LogP contribution in [0, 0.1) is 0 Å². The molecule has 0 radical (unpaired) electrons. The maximum atomic E-state index is 13.1. The van der Waals surface area contributed by atoms with Crippen molar-refractivity contribution in [3.63, 3.8) is 0 Å². The van der Waals surface area contributed by atoms with Gasteiger partial charge in [-0.3, -0.25) is 14.5 Å². The standard InChI is InChI=1S/C21H16N2O4S/c24-19(22-14-7-2-1-3-8-14)13-16-21(26)27-17-10-5-4-9-15(17)23(16)20(25)18-11-6-12-28-18/h1-12,16H,13H2,(H,22,24). The maximum Gasteiger partial charge on any atom is 0.335 e. The molecule has 1 aliphatic heterocycles. The van der Waals surface area contributed by atoms with Crippen LogP contribution < -0.4 is 15.0 Å². The molecule has 1 atom stereocenters. The number of ether oxygens (including phenoxy) is 1. The van der Waals surface area contributed by atoms with Gasteiger partial charge in [-0.1, -0.05) is 36.4 Å². The number of nitrogens with one attached hydrogen (secondary N) is 1. The van der Waals surface area contributed by atoms with E-state index in [2.05, 4.69) is 5.32 Å². The fourth-order valence-corrected chi connectivity index (χ4v) is 3.71. The number of rotatable bonds is 4. The molecule has 6 nitrogen and oxygen atoms in total. The number of esters is 1. The molecule has 0 aliphatic carbocycles. The van der Waals surface area contributed by atoms with Crippen molar-refractivity contribution in [2.75, 3.05) is 10.2 Å². The van der Waals surface area contributed by atoms with Gasteiger partial charge in [-0.05, 0) is 35.7 Å². The Balaban J connectivity index is 1.64. The summed E-state index contributed by atoms with van der Waals surface area (Å²) in [6, 6.07) is 18.2. The highest BCUT2D eigenvalue weighted by Gasteiger charge is 2.40. The van der Waals surface area contributed by atoms with Crippen LogP contribution in [0.2, 0.25) is 0 Å². The Labute approximate surface area is 165 Å². The zero-order chi connectivity index (χ0) is 19.5. The topological polar surface area (TPSA) is 75.7 Å². The number of hydrogen-bond donors (Lipinski definition) is 1. The van der Waals surface area contributed by atoms with E-state index in [1.165, 1.54) is 16.2 Å². The van der Waals surface area contributed by atoms with Crippen LogP contribution in [0.25, 0.3) is 0 Å². The second-order valence-corrected chi connectivity index (χ2v) is 7.12. The fourth-order valence-electron chi connectivity index (χ4n) is 3.05. The highest BCUT2D eigenvalue weighted by Crippen LogP contribution is 2.36. The summed E-state index contributed by atoms with van der Waals surface area (Å²) in [6.07, 6.45) is -0.209. The first-order valence-electron chi connectivity index (χ1n) is 8.66. The van der Waals surface area contributed by atoms with Gasteiger partial charge in [0, 0.05) is 5.69 Å². The zero-order valence-corrected chi connectivity index (χ0v) is 15.5. The van der Waals surface area contributed by atoms with E-state index < -0.39 is 12.0 Å². The van der Waals surface area contributed by atoms with Crippen molar-refractivity contribution >= 4 is 40.5 Å². The Bertz CT molecular complexity index is 1020. The van der Waals surface area contributed by atoms with E-state index in [1.807, 2.05) is 6.07 Å². The Morgan fingerprint density at radius 2 is 1.75 bits per heavy atom. The third kappa shape index (κ3) is 3.52. The number of amides is 2. The molecule has 0 bridgehead atoms. The maximum absolute atomic E-state index is 13.1. The summed E-state index contributed by atoms with van der Waals surface area (Å²) >= 11 is 1.28. The minimum Gasteiger partial charge on any atom is -0.423 e. The minimum atomic E-state index is -1.05. The van der Waals surface area contributed by atoms with Gasteiger partial charge >= 0.3 is 5.97 Å². The molecule has 0 spiro atoms. The van der Waals surface area contributed by atoms with Gasteiger partial charge in [-0.25, -0.2) is 4.79 Å². The number of fused-ring (bicyclic) bond motifs is 1. The van der Waals surface area contributed by atoms with E-state index >= 15 is 0 Å². The lowest BCUT2D eigenvalue weighted by Gasteiger charge is -2.34. The number of carbonyl (C=O) groups is 3. The lowest BCUT2D eigenvalue weighted by atomic mass is 10.1. The summed E-state index contributed by atoms with van der Waals surface area (Å²) in [6.45, 7) is 0. The number of hydrogen-bond acceptors (Lipinski definition) is 5. The molecule has 2 aromatic carbocycles. The monoisotopic (exact) mass is 392 g/mol. The molecule has 3 aromatic rings. The van der Waals surface area contributed by atoms with E-state index in [1.54, 1.807) is 66.0 Å². The largest absolute Gasteiger partial charge is 0.423 e. The van der Waals surface area contributed by atoms with Gasteiger partial charge in [-0.15, -0.1) is 11.3 Å². The van der Waals surface area contributed by atoms with Crippen molar-refractivity contribution in [1.29, 1.82) is 0 Å². The second-order valence-electron chi connectivity index (χ2n) is 6.18. The molecule has 1 unspecified atom stereocenters. The fraction of sp³-hybridized carbons (Fsp3) is 0.0952. The molecule has 1 aromatic heterocycles. The second kappa shape index (κ2) is 7.66. The Morgan fingerprint density at radius 1 is 1.00 bits per heavy atom. The van der Waals surface area contributed by atoms with Gasteiger partial charge in [0.05, 0.1) is 17.0 Å². The molecule has 28 heavy (non-hydrogen) atoms. The highest BCUT2D eigenvalue weighted by molar-refractivity contribution is 7.12. The summed E-state index contributed by atoms with van der Waals surface area (Å²) in [5.41, 5.74) is 1.09. The van der Waals surface area contributed by atoms with Crippen LogP contribution in [-0.2, 0) is 9.59 Å².